The molecule has 0 amide bonds. The number of hydrogen-bond acceptors (Lipinski definition) is 2. The van der Waals surface area contributed by atoms with Gasteiger partial charge in [-0.25, -0.2) is 4.39 Å². The Bertz CT molecular complexity index is 551. The van der Waals surface area contributed by atoms with Crippen molar-refractivity contribution in [1.82, 2.24) is 5.32 Å². The van der Waals surface area contributed by atoms with Gasteiger partial charge in [0.15, 0.2) is 11.6 Å². The number of methoxy groups -OCH3 is 1. The molecular weight excluding hydrogens is 241 g/mol. The molecule has 2 aromatic rings. The number of halogens is 1. The lowest BCUT2D eigenvalue weighted by molar-refractivity contribution is 0.385. The van der Waals surface area contributed by atoms with Crippen LogP contribution in [0.2, 0.25) is 0 Å². The Morgan fingerprint density at radius 1 is 1.05 bits per heavy atom. The monoisotopic (exact) mass is 259 g/mol. The minimum absolute atomic E-state index is 0.0232. The van der Waals surface area contributed by atoms with E-state index in [9.17, 15) is 4.39 Å². The first-order valence-electron chi connectivity index (χ1n) is 6.23. The Morgan fingerprint density at radius 2 is 1.68 bits per heavy atom. The zero-order valence-corrected chi connectivity index (χ0v) is 11.4. The molecule has 0 bridgehead atoms. The smallest absolute Gasteiger partial charge is 0.165 e. The van der Waals surface area contributed by atoms with Crippen LogP contribution in [0.4, 0.5) is 4.39 Å². The molecule has 0 aliphatic carbocycles. The predicted octanol–water partition coefficient (Wildman–Crippen LogP) is 3.45. The maximum atomic E-state index is 13.4. The number of ether oxygens (including phenoxy) is 1. The fourth-order valence-corrected chi connectivity index (χ4v) is 2.14. The van der Waals surface area contributed by atoms with Crippen LogP contribution in [0.15, 0.2) is 42.5 Å². The summed E-state index contributed by atoms with van der Waals surface area (Å²) in [5.74, 6) is -0.0742. The first-order chi connectivity index (χ1) is 9.15. The van der Waals surface area contributed by atoms with Crippen molar-refractivity contribution in [3.63, 3.8) is 0 Å². The topological polar surface area (TPSA) is 21.3 Å². The summed E-state index contributed by atoms with van der Waals surface area (Å²) in [7, 11) is 3.36. The summed E-state index contributed by atoms with van der Waals surface area (Å²) in [6.07, 6.45) is 0. The van der Waals surface area contributed by atoms with Crippen LogP contribution >= 0.6 is 0 Å². The van der Waals surface area contributed by atoms with E-state index in [1.165, 1.54) is 18.7 Å². The number of aryl methyl sites for hydroxylation is 1. The normalized spacial score (nSPS) is 12.2. The van der Waals surface area contributed by atoms with Crippen molar-refractivity contribution < 1.29 is 9.13 Å². The molecule has 0 spiro atoms. The van der Waals surface area contributed by atoms with E-state index < -0.39 is 0 Å². The number of rotatable bonds is 4. The van der Waals surface area contributed by atoms with Gasteiger partial charge in [0.05, 0.1) is 13.2 Å². The van der Waals surface area contributed by atoms with Crippen molar-refractivity contribution in [1.29, 1.82) is 0 Å². The highest BCUT2D eigenvalue weighted by molar-refractivity contribution is 5.38. The molecule has 0 radical (unpaired) electrons. The van der Waals surface area contributed by atoms with Crippen LogP contribution < -0.4 is 10.1 Å². The van der Waals surface area contributed by atoms with Gasteiger partial charge in [0, 0.05) is 0 Å². The quantitative estimate of drug-likeness (QED) is 0.908. The van der Waals surface area contributed by atoms with Crippen molar-refractivity contribution in [2.75, 3.05) is 14.2 Å². The van der Waals surface area contributed by atoms with Crippen LogP contribution in [0.5, 0.6) is 5.75 Å². The minimum Gasteiger partial charge on any atom is -0.494 e. The van der Waals surface area contributed by atoms with Crippen molar-refractivity contribution in [3.8, 4) is 5.75 Å². The standard InChI is InChI=1S/C16H18FNO/c1-11-4-6-12(7-5-11)16(18-2)13-8-9-14(17)15(10-13)19-3/h4-10,16,18H,1-3H3. The summed E-state index contributed by atoms with van der Waals surface area (Å²) < 4.78 is 18.5. The van der Waals surface area contributed by atoms with Crippen LogP contribution in [-0.4, -0.2) is 14.2 Å². The van der Waals surface area contributed by atoms with E-state index in [4.69, 9.17) is 4.74 Å². The molecule has 100 valence electrons. The molecule has 3 heteroatoms. The highest BCUT2D eigenvalue weighted by Crippen LogP contribution is 2.27. The second kappa shape index (κ2) is 5.85. The molecule has 1 unspecified atom stereocenters. The Balaban J connectivity index is 2.39. The van der Waals surface area contributed by atoms with Crippen molar-refractivity contribution >= 4 is 0 Å². The molecule has 0 aliphatic rings. The van der Waals surface area contributed by atoms with Crippen molar-refractivity contribution in [2.24, 2.45) is 0 Å². The van der Waals surface area contributed by atoms with Crippen molar-refractivity contribution in [2.45, 2.75) is 13.0 Å². The van der Waals surface area contributed by atoms with Gasteiger partial charge in [-0.05, 0) is 37.2 Å². The first-order valence-corrected chi connectivity index (χ1v) is 6.23. The summed E-state index contributed by atoms with van der Waals surface area (Å²) in [5.41, 5.74) is 3.33. The molecule has 0 saturated heterocycles. The van der Waals surface area contributed by atoms with Gasteiger partial charge < -0.3 is 10.1 Å². The average molecular weight is 259 g/mol. The van der Waals surface area contributed by atoms with Crippen LogP contribution in [0, 0.1) is 12.7 Å². The van der Waals surface area contributed by atoms with E-state index in [-0.39, 0.29) is 17.6 Å². The SMILES string of the molecule is CNC(c1ccc(C)cc1)c1ccc(F)c(OC)c1. The predicted molar refractivity (Wildman–Crippen MR) is 75.0 cm³/mol. The van der Waals surface area contributed by atoms with Crippen LogP contribution in [-0.2, 0) is 0 Å². The molecule has 1 N–H and O–H groups in total. The summed E-state index contributed by atoms with van der Waals surface area (Å²) in [5, 5.41) is 3.25. The van der Waals surface area contributed by atoms with Crippen molar-refractivity contribution in [3.05, 3.63) is 65.0 Å². The Kier molecular flexibility index (Phi) is 4.17. The molecule has 0 aromatic heterocycles. The average Bonchev–Trinajstić information content (AvgIpc) is 2.43. The second-order valence-corrected chi connectivity index (χ2v) is 4.53. The van der Waals surface area contributed by atoms with Gasteiger partial charge in [0.25, 0.3) is 0 Å². The second-order valence-electron chi connectivity index (χ2n) is 4.53. The molecule has 0 saturated carbocycles. The number of hydrogen-bond donors (Lipinski definition) is 1. The first kappa shape index (κ1) is 13.6. The summed E-state index contributed by atoms with van der Waals surface area (Å²) in [6, 6.07) is 13.3. The van der Waals surface area contributed by atoms with E-state index in [1.807, 2.05) is 7.05 Å². The lowest BCUT2D eigenvalue weighted by Crippen LogP contribution is -2.17. The zero-order chi connectivity index (χ0) is 13.8. The Labute approximate surface area is 113 Å². The van der Waals surface area contributed by atoms with E-state index in [2.05, 4.69) is 36.5 Å². The molecule has 2 nitrogen and oxygen atoms in total. The van der Waals surface area contributed by atoms with E-state index in [0.717, 1.165) is 11.1 Å². The molecule has 2 rings (SSSR count). The van der Waals surface area contributed by atoms with Crippen LogP contribution in [0.25, 0.3) is 0 Å². The molecule has 0 heterocycles. The third-order valence-electron chi connectivity index (χ3n) is 3.21. The zero-order valence-electron chi connectivity index (χ0n) is 11.4. The summed E-state index contributed by atoms with van der Waals surface area (Å²) in [4.78, 5) is 0. The fraction of sp³-hybridized carbons (Fsp3) is 0.250. The van der Waals surface area contributed by atoms with Gasteiger partial charge in [0.1, 0.15) is 0 Å². The molecule has 1 atom stereocenters. The van der Waals surface area contributed by atoms with Gasteiger partial charge in [-0.2, -0.15) is 0 Å². The third kappa shape index (κ3) is 2.93. The Morgan fingerprint density at radius 3 is 2.26 bits per heavy atom. The lowest BCUT2D eigenvalue weighted by atomic mass is 9.98. The third-order valence-corrected chi connectivity index (χ3v) is 3.21. The van der Waals surface area contributed by atoms with Crippen LogP contribution in [0.1, 0.15) is 22.7 Å². The minimum atomic E-state index is -0.343. The van der Waals surface area contributed by atoms with Gasteiger partial charge in [-0.3, -0.25) is 0 Å². The highest BCUT2D eigenvalue weighted by atomic mass is 19.1. The maximum Gasteiger partial charge on any atom is 0.165 e. The molecule has 0 fully saturated rings. The maximum absolute atomic E-state index is 13.4. The van der Waals surface area contributed by atoms with Gasteiger partial charge in [-0.15, -0.1) is 0 Å². The lowest BCUT2D eigenvalue weighted by Gasteiger charge is -2.18. The van der Waals surface area contributed by atoms with Gasteiger partial charge in [-0.1, -0.05) is 35.9 Å². The molecule has 2 aromatic carbocycles. The van der Waals surface area contributed by atoms with E-state index in [1.54, 1.807) is 12.1 Å². The largest absolute Gasteiger partial charge is 0.494 e. The number of benzene rings is 2. The summed E-state index contributed by atoms with van der Waals surface area (Å²) >= 11 is 0. The molecule has 0 aliphatic heterocycles. The summed E-state index contributed by atoms with van der Waals surface area (Å²) in [6.45, 7) is 2.05. The van der Waals surface area contributed by atoms with E-state index >= 15 is 0 Å². The molecule has 19 heavy (non-hydrogen) atoms. The Hall–Kier alpha value is -1.87. The highest BCUT2D eigenvalue weighted by Gasteiger charge is 2.14. The molecular formula is C16H18FNO. The van der Waals surface area contributed by atoms with Crippen LogP contribution in [0.3, 0.4) is 0 Å². The van der Waals surface area contributed by atoms with Gasteiger partial charge >= 0.3 is 0 Å². The number of nitrogens with one attached hydrogen (secondary N) is 1. The van der Waals surface area contributed by atoms with Gasteiger partial charge in [0.2, 0.25) is 0 Å². The fourth-order valence-electron chi connectivity index (χ4n) is 2.14. The van der Waals surface area contributed by atoms with E-state index in [0.29, 0.717) is 0 Å².